The molecule has 2 aromatic rings. The van der Waals surface area contributed by atoms with Gasteiger partial charge in [-0.25, -0.2) is 12.7 Å². The van der Waals surface area contributed by atoms with E-state index in [1.807, 2.05) is 0 Å². The minimum absolute atomic E-state index is 0.00539. The van der Waals surface area contributed by atoms with Gasteiger partial charge in [-0.05, 0) is 61.6 Å². The number of alkyl halides is 3. The highest BCUT2D eigenvalue weighted by Crippen LogP contribution is 2.33. The number of amidine groups is 1. The van der Waals surface area contributed by atoms with Crippen molar-refractivity contribution >= 4 is 33.4 Å². The largest absolute Gasteiger partial charge is 0.573 e. The third-order valence-electron chi connectivity index (χ3n) is 7.29. The summed E-state index contributed by atoms with van der Waals surface area (Å²) in [6.07, 6.45) is -4.46. The number of carbonyl (C=O) groups excluding carboxylic acids is 2. The lowest BCUT2D eigenvalue weighted by Gasteiger charge is -2.34. The molecule has 15 heteroatoms. The molecular weight excluding hydrogens is 581 g/mol. The zero-order chi connectivity index (χ0) is 30.7. The molecule has 2 aliphatic heterocycles. The minimum Gasteiger partial charge on any atom is -0.406 e. The summed E-state index contributed by atoms with van der Waals surface area (Å²) in [5.41, 5.74) is 0.975. The maximum atomic E-state index is 13.2. The Labute approximate surface area is 240 Å². The number of anilines is 1. The first-order chi connectivity index (χ1) is 19.8. The Kier molecular flexibility index (Phi) is 9.25. The van der Waals surface area contributed by atoms with Gasteiger partial charge < -0.3 is 25.2 Å². The van der Waals surface area contributed by atoms with Crippen LogP contribution in [-0.2, 0) is 26.0 Å². The van der Waals surface area contributed by atoms with Crippen molar-refractivity contribution in [3.8, 4) is 5.75 Å². The molecule has 2 amide bonds. The van der Waals surface area contributed by atoms with E-state index in [-0.39, 0.29) is 62.7 Å². The number of rotatable bonds is 10. The molecule has 2 aromatic carbocycles. The highest BCUT2D eigenvalue weighted by atomic mass is 32.2. The van der Waals surface area contributed by atoms with E-state index in [1.165, 1.54) is 21.3 Å². The number of hydrogen-bond acceptors (Lipinski definition) is 8. The van der Waals surface area contributed by atoms with Gasteiger partial charge in [0.25, 0.3) is 11.8 Å². The van der Waals surface area contributed by atoms with Crippen LogP contribution in [0.3, 0.4) is 0 Å². The molecule has 2 aliphatic rings. The average molecular weight is 613 g/mol. The zero-order valence-electron chi connectivity index (χ0n) is 22.7. The van der Waals surface area contributed by atoms with E-state index in [4.69, 9.17) is 0 Å². The summed E-state index contributed by atoms with van der Waals surface area (Å²) in [4.78, 5) is 30.6. The molecule has 0 bridgehead atoms. The lowest BCUT2D eigenvalue weighted by atomic mass is 9.89. The van der Waals surface area contributed by atoms with E-state index in [0.717, 1.165) is 23.3 Å². The van der Waals surface area contributed by atoms with Gasteiger partial charge in [0.05, 0.1) is 12.4 Å². The van der Waals surface area contributed by atoms with Crippen molar-refractivity contribution in [2.75, 3.05) is 43.5 Å². The Hall–Kier alpha value is -3.53. The fourth-order valence-corrected chi connectivity index (χ4v) is 6.52. The second-order valence-electron chi connectivity index (χ2n) is 10.0. The maximum Gasteiger partial charge on any atom is 0.573 e. The van der Waals surface area contributed by atoms with Gasteiger partial charge in [0.2, 0.25) is 10.0 Å². The number of carbonyl (C=O) groups is 2. The first-order valence-corrected chi connectivity index (χ1v) is 14.7. The fraction of sp³-hybridized carbons (Fsp3) is 0.444. The monoisotopic (exact) mass is 612 g/mol. The lowest BCUT2D eigenvalue weighted by molar-refractivity contribution is -0.274. The number of aliphatic hydroxyl groups excluding tert-OH is 2. The van der Waals surface area contributed by atoms with Crippen molar-refractivity contribution in [3.63, 3.8) is 0 Å². The van der Waals surface area contributed by atoms with E-state index in [1.54, 1.807) is 25.1 Å². The van der Waals surface area contributed by atoms with Gasteiger partial charge in [0.15, 0.2) is 0 Å². The third kappa shape index (κ3) is 7.09. The Morgan fingerprint density at radius 3 is 2.50 bits per heavy atom. The van der Waals surface area contributed by atoms with E-state index in [2.05, 4.69) is 15.0 Å². The van der Waals surface area contributed by atoms with E-state index in [9.17, 15) is 41.4 Å². The SMILES string of the molecule is Cc1cc(N(CCO)C(=O)CO)ccc1CCS(=O)(=O)N1CCC2(CC1)N=C(c1cccc(OC(F)(F)F)c1)NC2=O. The molecule has 0 aromatic heterocycles. The van der Waals surface area contributed by atoms with Crippen LogP contribution in [-0.4, -0.2) is 91.1 Å². The second kappa shape index (κ2) is 12.4. The minimum atomic E-state index is -4.87. The standard InChI is InChI=1S/C27H31F3N4O7S/c1-18-15-21(34(12-13-35)23(37)17-36)6-5-19(18)7-14-42(39,40)33-10-8-26(9-11-33)25(38)31-24(32-26)20-3-2-4-22(16-20)41-27(28,29)30/h2-6,15-16,35-36H,7-14,17H2,1H3,(H,31,32,38). The normalized spacial score (nSPS) is 17.2. The van der Waals surface area contributed by atoms with Gasteiger partial charge >= 0.3 is 6.36 Å². The molecule has 3 N–H and O–H groups in total. The van der Waals surface area contributed by atoms with Gasteiger partial charge in [0, 0.05) is 30.9 Å². The van der Waals surface area contributed by atoms with Crippen molar-refractivity contribution in [1.82, 2.24) is 9.62 Å². The van der Waals surface area contributed by atoms with Crippen LogP contribution in [0.2, 0.25) is 0 Å². The Morgan fingerprint density at radius 2 is 1.88 bits per heavy atom. The van der Waals surface area contributed by atoms with Gasteiger partial charge in [0.1, 0.15) is 23.7 Å². The molecule has 0 atom stereocenters. The van der Waals surface area contributed by atoms with Crippen LogP contribution >= 0.6 is 0 Å². The zero-order valence-corrected chi connectivity index (χ0v) is 23.5. The van der Waals surface area contributed by atoms with Gasteiger partial charge in [-0.15, -0.1) is 13.2 Å². The summed E-state index contributed by atoms with van der Waals surface area (Å²) < 4.78 is 69.4. The fourth-order valence-electron chi connectivity index (χ4n) is 5.05. The first-order valence-electron chi connectivity index (χ1n) is 13.1. The van der Waals surface area contributed by atoms with E-state index < -0.39 is 46.1 Å². The summed E-state index contributed by atoms with van der Waals surface area (Å²) in [6, 6.07) is 10.1. The Balaban J connectivity index is 1.40. The first kappa shape index (κ1) is 31.4. The summed E-state index contributed by atoms with van der Waals surface area (Å²) in [5, 5.41) is 21.0. The molecule has 42 heavy (non-hydrogen) atoms. The quantitative estimate of drug-likeness (QED) is 0.368. The van der Waals surface area contributed by atoms with Crippen LogP contribution in [0.25, 0.3) is 0 Å². The molecule has 11 nitrogen and oxygen atoms in total. The molecule has 1 spiro atoms. The molecule has 2 heterocycles. The third-order valence-corrected chi connectivity index (χ3v) is 9.16. The van der Waals surface area contributed by atoms with Crippen LogP contribution in [0.15, 0.2) is 47.5 Å². The van der Waals surface area contributed by atoms with Crippen LogP contribution in [0, 0.1) is 6.92 Å². The molecule has 4 rings (SSSR count). The average Bonchev–Trinajstić information content (AvgIpc) is 3.25. The number of halogens is 3. The number of nitrogens with zero attached hydrogens (tertiary/aromatic N) is 3. The highest BCUT2D eigenvalue weighted by molar-refractivity contribution is 7.89. The number of sulfonamides is 1. The van der Waals surface area contributed by atoms with Gasteiger partial charge in [-0.2, -0.15) is 0 Å². The number of aliphatic hydroxyl groups is 2. The number of amides is 2. The van der Waals surface area contributed by atoms with E-state index >= 15 is 0 Å². The topological polar surface area (TPSA) is 149 Å². The van der Waals surface area contributed by atoms with Crippen molar-refractivity contribution in [3.05, 3.63) is 59.2 Å². The van der Waals surface area contributed by atoms with Crippen molar-refractivity contribution < 1.29 is 46.1 Å². The van der Waals surface area contributed by atoms with Crippen molar-refractivity contribution in [2.24, 2.45) is 4.99 Å². The number of aliphatic imine (C=N–C) groups is 1. The lowest BCUT2D eigenvalue weighted by Crippen LogP contribution is -2.50. The Morgan fingerprint density at radius 1 is 1.17 bits per heavy atom. The predicted molar refractivity (Wildman–Crippen MR) is 147 cm³/mol. The van der Waals surface area contributed by atoms with Crippen molar-refractivity contribution in [1.29, 1.82) is 0 Å². The smallest absolute Gasteiger partial charge is 0.406 e. The second-order valence-corrected chi connectivity index (χ2v) is 12.1. The van der Waals surface area contributed by atoms with Crippen LogP contribution in [0.1, 0.15) is 29.5 Å². The molecule has 228 valence electrons. The summed E-state index contributed by atoms with van der Waals surface area (Å²) in [5.74, 6) is -1.56. The summed E-state index contributed by atoms with van der Waals surface area (Å²) in [7, 11) is -3.70. The molecular formula is C27H31F3N4O7S. The van der Waals surface area contributed by atoms with Crippen LogP contribution < -0.4 is 15.0 Å². The molecule has 0 aliphatic carbocycles. The molecule has 1 fully saturated rings. The number of ether oxygens (including phenoxy) is 1. The van der Waals surface area contributed by atoms with Crippen molar-refractivity contribution in [2.45, 2.75) is 38.1 Å². The molecule has 0 saturated carbocycles. The highest BCUT2D eigenvalue weighted by Gasteiger charge is 2.47. The van der Waals surface area contributed by atoms with Crippen LogP contribution in [0.4, 0.5) is 18.9 Å². The number of hydrogen-bond donors (Lipinski definition) is 3. The van der Waals surface area contributed by atoms with Crippen LogP contribution in [0.5, 0.6) is 5.75 Å². The Bertz CT molecular complexity index is 1470. The van der Waals surface area contributed by atoms with E-state index in [0.29, 0.717) is 5.69 Å². The summed E-state index contributed by atoms with van der Waals surface area (Å²) in [6.45, 7) is 0.859. The molecule has 1 saturated heterocycles. The predicted octanol–water partition coefficient (Wildman–Crippen LogP) is 1.49. The van der Waals surface area contributed by atoms with Gasteiger partial charge in [-0.3, -0.25) is 14.6 Å². The maximum absolute atomic E-state index is 13.2. The number of benzene rings is 2. The van der Waals surface area contributed by atoms with Gasteiger partial charge in [-0.1, -0.05) is 18.2 Å². The summed E-state index contributed by atoms with van der Waals surface area (Å²) >= 11 is 0. The number of nitrogens with one attached hydrogen (secondary N) is 1. The number of aryl methyl sites for hydroxylation is 2. The molecule has 0 unspecified atom stereocenters. The molecule has 0 radical (unpaired) electrons. The number of piperidine rings is 1.